The van der Waals surface area contributed by atoms with E-state index in [0.717, 1.165) is 38.5 Å². The van der Waals surface area contributed by atoms with Crippen LogP contribution >= 0.6 is 7.82 Å². The summed E-state index contributed by atoms with van der Waals surface area (Å²) in [4.78, 5) is 25.2. The Morgan fingerprint density at radius 3 is 1.63 bits per heavy atom. The number of likely N-dealkylation sites (N-methyl/N-ethyl adjacent to an activating group) is 1. The number of carbonyl (C=O) groups excluding carboxylic acids is 1. The lowest BCUT2D eigenvalue weighted by atomic mass is 10.0. The molecule has 51 heavy (non-hydrogen) atoms. The quantitative estimate of drug-likeness (QED) is 0.0216. The Morgan fingerprint density at radius 2 is 1.12 bits per heavy atom. The maximum atomic E-state index is 12.8. The molecule has 0 radical (unpaired) electrons. The Hall–Kier alpha value is -1.28. The summed E-state index contributed by atoms with van der Waals surface area (Å²) >= 11 is 0. The Bertz CT molecular complexity index is 933. The highest BCUT2D eigenvalue weighted by Crippen LogP contribution is 2.38. The molecular formula is C42H81N2O6P. The van der Waals surface area contributed by atoms with Gasteiger partial charge >= 0.3 is 0 Å². The van der Waals surface area contributed by atoms with Crippen LogP contribution in [0, 0.1) is 0 Å². The SMILES string of the molecule is CCCCC/C=C\C=C/CCCCCCCCCCCCC(=O)NC(COP(=O)([O-])OCC[N+](C)(C)C)C(O)/C=C/CCCCCCCCCC. The fourth-order valence-corrected chi connectivity index (χ4v) is 6.45. The molecule has 8 nitrogen and oxygen atoms in total. The molecule has 0 aromatic carbocycles. The molecule has 2 N–H and O–H groups in total. The first kappa shape index (κ1) is 49.7. The fourth-order valence-electron chi connectivity index (χ4n) is 5.73. The number of hydrogen-bond acceptors (Lipinski definition) is 6. The number of carbonyl (C=O) groups is 1. The van der Waals surface area contributed by atoms with Gasteiger partial charge in [0.2, 0.25) is 5.91 Å². The lowest BCUT2D eigenvalue weighted by Gasteiger charge is -2.29. The number of phosphoric ester groups is 1. The standard InChI is InChI=1S/C42H81N2O6P/c1-6-8-10-12-14-16-18-19-20-21-22-23-24-25-26-28-30-32-34-36-42(46)43-40(39-50-51(47,48)49-38-37-44(3,4)5)41(45)35-33-31-29-27-17-15-13-11-9-7-2/h14,16,18-19,33,35,40-41,45H,6-13,15,17,20-32,34,36-39H2,1-5H3,(H-,43,46,47,48)/b16-14-,19-18-,35-33+. The first-order chi connectivity index (χ1) is 24.5. The van der Waals surface area contributed by atoms with Gasteiger partial charge in [-0.1, -0.05) is 159 Å². The van der Waals surface area contributed by atoms with Crippen molar-refractivity contribution in [1.82, 2.24) is 5.32 Å². The molecule has 0 bridgehead atoms. The van der Waals surface area contributed by atoms with Crippen molar-refractivity contribution in [3.63, 3.8) is 0 Å². The zero-order chi connectivity index (χ0) is 37.9. The van der Waals surface area contributed by atoms with Crippen LogP contribution in [0.2, 0.25) is 0 Å². The van der Waals surface area contributed by atoms with Gasteiger partial charge in [0.15, 0.2) is 0 Å². The molecule has 0 aliphatic carbocycles. The number of quaternary nitrogens is 1. The average molecular weight is 741 g/mol. The van der Waals surface area contributed by atoms with E-state index in [1.54, 1.807) is 6.08 Å². The summed E-state index contributed by atoms with van der Waals surface area (Å²) in [5.41, 5.74) is 0. The topological polar surface area (TPSA) is 108 Å². The number of nitrogens with one attached hydrogen (secondary N) is 1. The van der Waals surface area contributed by atoms with Gasteiger partial charge in [-0.05, 0) is 44.9 Å². The number of aliphatic hydroxyl groups excluding tert-OH is 1. The van der Waals surface area contributed by atoms with E-state index in [4.69, 9.17) is 9.05 Å². The summed E-state index contributed by atoms with van der Waals surface area (Å²) in [6.07, 6.45) is 40.4. The van der Waals surface area contributed by atoms with Crippen LogP contribution in [0.3, 0.4) is 0 Å². The Balaban J connectivity index is 4.37. The van der Waals surface area contributed by atoms with Crippen molar-refractivity contribution in [3.05, 3.63) is 36.5 Å². The highest BCUT2D eigenvalue weighted by molar-refractivity contribution is 7.45. The molecule has 0 saturated heterocycles. The lowest BCUT2D eigenvalue weighted by Crippen LogP contribution is -2.45. The summed E-state index contributed by atoms with van der Waals surface area (Å²) in [7, 11) is 1.25. The van der Waals surface area contributed by atoms with E-state index < -0.39 is 20.0 Å². The van der Waals surface area contributed by atoms with E-state index >= 15 is 0 Å². The van der Waals surface area contributed by atoms with E-state index in [-0.39, 0.29) is 19.1 Å². The number of aliphatic hydroxyl groups is 1. The molecular weight excluding hydrogens is 659 g/mol. The first-order valence-electron chi connectivity index (χ1n) is 20.9. The monoisotopic (exact) mass is 741 g/mol. The van der Waals surface area contributed by atoms with Crippen molar-refractivity contribution >= 4 is 13.7 Å². The summed E-state index contributed by atoms with van der Waals surface area (Å²) in [5.74, 6) is -0.205. The van der Waals surface area contributed by atoms with Gasteiger partial charge in [-0.25, -0.2) is 0 Å². The van der Waals surface area contributed by atoms with Gasteiger partial charge in [0.25, 0.3) is 7.82 Å². The molecule has 1 amide bonds. The molecule has 0 fully saturated rings. The molecule has 0 aromatic heterocycles. The molecule has 0 aliphatic rings. The number of rotatable bonds is 37. The number of nitrogens with zero attached hydrogens (tertiary/aromatic N) is 1. The summed E-state index contributed by atoms with van der Waals surface area (Å²) in [6.45, 7) is 4.58. The third kappa shape index (κ3) is 36.9. The minimum atomic E-state index is -4.58. The molecule has 0 heterocycles. The molecule has 0 spiro atoms. The smallest absolute Gasteiger partial charge is 0.268 e. The largest absolute Gasteiger partial charge is 0.756 e. The second-order valence-electron chi connectivity index (χ2n) is 15.4. The highest BCUT2D eigenvalue weighted by Gasteiger charge is 2.23. The van der Waals surface area contributed by atoms with Gasteiger partial charge in [0.1, 0.15) is 13.2 Å². The van der Waals surface area contributed by atoms with Crippen LogP contribution in [0.15, 0.2) is 36.5 Å². The molecule has 3 atom stereocenters. The van der Waals surface area contributed by atoms with Gasteiger partial charge in [0.05, 0.1) is 39.9 Å². The predicted molar refractivity (Wildman–Crippen MR) is 215 cm³/mol. The van der Waals surface area contributed by atoms with Crippen LogP contribution in [0.5, 0.6) is 0 Å². The summed E-state index contributed by atoms with van der Waals surface area (Å²) in [5, 5.41) is 13.7. The van der Waals surface area contributed by atoms with Crippen molar-refractivity contribution < 1.29 is 32.9 Å². The Labute approximate surface area is 315 Å². The van der Waals surface area contributed by atoms with Gasteiger partial charge < -0.3 is 28.8 Å². The molecule has 0 aromatic rings. The number of unbranched alkanes of at least 4 members (excludes halogenated alkanes) is 21. The molecule has 0 rings (SSSR count). The van der Waals surface area contributed by atoms with Crippen molar-refractivity contribution in [1.29, 1.82) is 0 Å². The van der Waals surface area contributed by atoms with Crippen LogP contribution in [0.1, 0.15) is 174 Å². The average Bonchev–Trinajstić information content (AvgIpc) is 3.07. The zero-order valence-electron chi connectivity index (χ0n) is 33.8. The van der Waals surface area contributed by atoms with Crippen molar-refractivity contribution in [2.24, 2.45) is 0 Å². The van der Waals surface area contributed by atoms with Gasteiger partial charge in [0, 0.05) is 6.42 Å². The molecule has 9 heteroatoms. The predicted octanol–water partition coefficient (Wildman–Crippen LogP) is 10.5. The molecule has 0 saturated carbocycles. The third-order valence-electron chi connectivity index (χ3n) is 9.12. The van der Waals surface area contributed by atoms with E-state index in [1.165, 1.54) is 116 Å². The van der Waals surface area contributed by atoms with Crippen molar-refractivity contribution in [2.45, 2.75) is 187 Å². The lowest BCUT2D eigenvalue weighted by molar-refractivity contribution is -0.870. The van der Waals surface area contributed by atoms with Gasteiger partial charge in [-0.2, -0.15) is 0 Å². The third-order valence-corrected chi connectivity index (χ3v) is 10.1. The number of phosphoric acid groups is 1. The van der Waals surface area contributed by atoms with E-state index in [1.807, 2.05) is 27.2 Å². The number of hydrogen-bond donors (Lipinski definition) is 2. The Kier molecular flexibility index (Phi) is 33.6. The molecule has 0 aliphatic heterocycles. The van der Waals surface area contributed by atoms with E-state index in [2.05, 4.69) is 43.5 Å². The summed E-state index contributed by atoms with van der Waals surface area (Å²) < 4.78 is 23.1. The summed E-state index contributed by atoms with van der Waals surface area (Å²) in [6, 6.07) is -0.884. The zero-order valence-corrected chi connectivity index (χ0v) is 34.7. The molecule has 300 valence electrons. The van der Waals surface area contributed by atoms with Crippen LogP contribution < -0.4 is 10.2 Å². The van der Waals surface area contributed by atoms with Crippen molar-refractivity contribution in [2.75, 3.05) is 40.9 Å². The van der Waals surface area contributed by atoms with Crippen LogP contribution in [-0.2, 0) is 18.4 Å². The van der Waals surface area contributed by atoms with Gasteiger partial charge in [-0.3, -0.25) is 9.36 Å². The second kappa shape index (κ2) is 34.5. The van der Waals surface area contributed by atoms with Crippen LogP contribution in [0.25, 0.3) is 0 Å². The van der Waals surface area contributed by atoms with Crippen LogP contribution in [0.4, 0.5) is 0 Å². The number of amides is 1. The van der Waals surface area contributed by atoms with Gasteiger partial charge in [-0.15, -0.1) is 0 Å². The number of allylic oxidation sites excluding steroid dienone is 5. The maximum Gasteiger partial charge on any atom is 0.268 e. The first-order valence-corrected chi connectivity index (χ1v) is 22.3. The molecule has 3 unspecified atom stereocenters. The van der Waals surface area contributed by atoms with Crippen molar-refractivity contribution in [3.8, 4) is 0 Å². The normalized spacial score (nSPS) is 14.9. The van der Waals surface area contributed by atoms with E-state index in [9.17, 15) is 19.4 Å². The minimum Gasteiger partial charge on any atom is -0.756 e. The Morgan fingerprint density at radius 1 is 0.686 bits per heavy atom. The second-order valence-corrected chi connectivity index (χ2v) is 16.8. The fraction of sp³-hybridized carbons (Fsp3) is 0.833. The maximum absolute atomic E-state index is 12.8. The minimum absolute atomic E-state index is 0.00223. The highest BCUT2D eigenvalue weighted by atomic mass is 31.2. The van der Waals surface area contributed by atoms with Crippen LogP contribution in [-0.4, -0.2) is 68.5 Å². The van der Waals surface area contributed by atoms with E-state index in [0.29, 0.717) is 17.4 Å².